The predicted octanol–water partition coefficient (Wildman–Crippen LogP) is 1.83. The molecule has 21 heavy (non-hydrogen) atoms. The minimum atomic E-state index is 0. The summed E-state index contributed by atoms with van der Waals surface area (Å²) in [5.41, 5.74) is 5.84. The van der Waals surface area contributed by atoms with Gasteiger partial charge in [-0.1, -0.05) is 12.1 Å². The van der Waals surface area contributed by atoms with Gasteiger partial charge in [0.1, 0.15) is 0 Å². The number of morpholine rings is 1. The van der Waals surface area contributed by atoms with E-state index < -0.39 is 0 Å². The third-order valence-electron chi connectivity index (χ3n) is 3.22. The quantitative estimate of drug-likeness (QED) is 0.318. The van der Waals surface area contributed by atoms with Crippen molar-refractivity contribution >= 4 is 41.3 Å². The van der Waals surface area contributed by atoms with Crippen molar-refractivity contribution in [2.45, 2.75) is 6.04 Å². The molecule has 0 aromatic carbocycles. The Hall–Kier alpha value is -0.640. The van der Waals surface area contributed by atoms with Crippen LogP contribution in [0, 0.1) is 0 Å². The van der Waals surface area contributed by atoms with Crippen LogP contribution in [0.15, 0.2) is 35.2 Å². The van der Waals surface area contributed by atoms with E-state index in [4.69, 9.17) is 10.5 Å². The van der Waals surface area contributed by atoms with Crippen molar-refractivity contribution in [3.8, 4) is 0 Å². The normalized spacial score (nSPS) is 17.8. The molecule has 0 aliphatic carbocycles. The molecule has 1 atom stereocenters. The minimum absolute atomic E-state index is 0. The van der Waals surface area contributed by atoms with Gasteiger partial charge < -0.3 is 15.8 Å². The van der Waals surface area contributed by atoms with Gasteiger partial charge in [0.2, 0.25) is 0 Å². The molecule has 0 amide bonds. The first-order chi connectivity index (χ1) is 9.81. The highest BCUT2D eigenvalue weighted by atomic mass is 127. The topological polar surface area (TPSA) is 62.9 Å². The van der Waals surface area contributed by atoms with Crippen LogP contribution < -0.4 is 11.1 Å². The number of ether oxygens (including phenoxy) is 1. The van der Waals surface area contributed by atoms with Gasteiger partial charge >= 0.3 is 0 Å². The lowest BCUT2D eigenvalue weighted by molar-refractivity contribution is 0.0187. The van der Waals surface area contributed by atoms with Gasteiger partial charge in [-0.2, -0.15) is 0 Å². The van der Waals surface area contributed by atoms with E-state index in [0.29, 0.717) is 19.0 Å². The van der Waals surface area contributed by atoms with Crippen LogP contribution in [-0.2, 0) is 4.74 Å². The second-order valence-electron chi connectivity index (χ2n) is 4.58. The summed E-state index contributed by atoms with van der Waals surface area (Å²) >= 11 is 1.77. The van der Waals surface area contributed by atoms with E-state index in [1.807, 2.05) is 0 Å². The first-order valence-corrected chi connectivity index (χ1v) is 7.69. The summed E-state index contributed by atoms with van der Waals surface area (Å²) in [5, 5.41) is 5.11. The molecule has 2 rings (SSSR count). The zero-order valence-corrected chi connectivity index (χ0v) is 15.2. The maximum Gasteiger partial charge on any atom is 0.188 e. The Morgan fingerprint density at radius 3 is 2.95 bits per heavy atom. The predicted molar refractivity (Wildman–Crippen MR) is 99.6 cm³/mol. The van der Waals surface area contributed by atoms with E-state index in [-0.39, 0.29) is 30.0 Å². The molecule has 1 fully saturated rings. The Labute approximate surface area is 147 Å². The average Bonchev–Trinajstić information content (AvgIpc) is 3.00. The van der Waals surface area contributed by atoms with Gasteiger partial charge in [0, 0.05) is 24.5 Å². The van der Waals surface area contributed by atoms with Crippen LogP contribution in [0.1, 0.15) is 10.9 Å². The molecule has 0 bridgehead atoms. The molecule has 0 radical (unpaired) electrons. The minimum Gasteiger partial charge on any atom is -0.379 e. The monoisotopic (exact) mass is 422 g/mol. The number of halogens is 1. The molecule has 7 heteroatoms. The summed E-state index contributed by atoms with van der Waals surface area (Å²) in [6.07, 6.45) is 1.76. The highest BCUT2D eigenvalue weighted by Crippen LogP contribution is 2.26. The van der Waals surface area contributed by atoms with Gasteiger partial charge in [-0.3, -0.25) is 9.89 Å². The van der Waals surface area contributed by atoms with Gasteiger partial charge in [0.15, 0.2) is 5.96 Å². The number of hydrogen-bond donors (Lipinski definition) is 2. The maximum absolute atomic E-state index is 5.84. The Morgan fingerprint density at radius 1 is 1.57 bits per heavy atom. The fraction of sp³-hybridized carbons (Fsp3) is 0.500. The highest BCUT2D eigenvalue weighted by molar-refractivity contribution is 14.0. The fourth-order valence-electron chi connectivity index (χ4n) is 2.17. The third-order valence-corrected chi connectivity index (χ3v) is 4.19. The van der Waals surface area contributed by atoms with Crippen molar-refractivity contribution in [2.75, 3.05) is 39.4 Å². The summed E-state index contributed by atoms with van der Waals surface area (Å²) in [4.78, 5) is 8.20. The van der Waals surface area contributed by atoms with E-state index in [1.165, 1.54) is 4.88 Å². The van der Waals surface area contributed by atoms with Crippen LogP contribution in [0.5, 0.6) is 0 Å². The first-order valence-electron chi connectivity index (χ1n) is 6.81. The highest BCUT2D eigenvalue weighted by Gasteiger charge is 2.23. The van der Waals surface area contributed by atoms with Gasteiger partial charge in [-0.15, -0.1) is 41.9 Å². The molecule has 1 aliphatic rings. The molecular weight excluding hydrogens is 399 g/mol. The second-order valence-corrected chi connectivity index (χ2v) is 5.55. The molecular formula is C14H23IN4OS. The molecule has 0 spiro atoms. The molecule has 1 aromatic heterocycles. The molecule has 1 unspecified atom stereocenters. The molecule has 3 N–H and O–H groups in total. The number of aliphatic imine (C=N–C) groups is 1. The molecule has 1 saturated heterocycles. The fourth-order valence-corrected chi connectivity index (χ4v) is 3.02. The molecule has 118 valence electrons. The lowest BCUT2D eigenvalue weighted by atomic mass is 10.2. The lowest BCUT2D eigenvalue weighted by Gasteiger charge is -2.33. The van der Waals surface area contributed by atoms with Crippen LogP contribution in [0.25, 0.3) is 0 Å². The lowest BCUT2D eigenvalue weighted by Crippen LogP contribution is -2.40. The smallest absolute Gasteiger partial charge is 0.188 e. The number of nitrogens with zero attached hydrogens (tertiary/aromatic N) is 2. The largest absolute Gasteiger partial charge is 0.379 e. The Morgan fingerprint density at radius 2 is 2.33 bits per heavy atom. The maximum atomic E-state index is 5.84. The molecule has 2 heterocycles. The molecule has 1 aliphatic heterocycles. The summed E-state index contributed by atoms with van der Waals surface area (Å²) in [7, 11) is 0. The van der Waals surface area contributed by atoms with Crippen molar-refractivity contribution in [3.05, 3.63) is 35.0 Å². The Balaban J connectivity index is 0.00000220. The number of rotatable bonds is 6. The third kappa shape index (κ3) is 5.93. The zero-order chi connectivity index (χ0) is 14.2. The Bertz CT molecular complexity index is 432. The Kier molecular flexibility index (Phi) is 8.90. The van der Waals surface area contributed by atoms with Crippen molar-refractivity contribution in [3.63, 3.8) is 0 Å². The molecule has 0 saturated carbocycles. The van der Waals surface area contributed by atoms with E-state index in [0.717, 1.165) is 26.3 Å². The standard InChI is InChI=1S/C14H22N4OS.HI/c1-2-5-16-14(15)17-11-12(13-4-3-10-20-13)18-6-8-19-9-7-18;/h2-4,10,12H,1,5-9,11H2,(H3,15,16,17);1H. The van der Waals surface area contributed by atoms with Crippen molar-refractivity contribution in [1.82, 2.24) is 10.2 Å². The zero-order valence-electron chi connectivity index (χ0n) is 12.0. The van der Waals surface area contributed by atoms with Crippen LogP contribution in [-0.4, -0.2) is 50.3 Å². The second kappa shape index (κ2) is 10.1. The van der Waals surface area contributed by atoms with Gasteiger partial charge in [0.05, 0.1) is 25.8 Å². The number of guanidine groups is 1. The van der Waals surface area contributed by atoms with E-state index >= 15 is 0 Å². The summed E-state index contributed by atoms with van der Waals surface area (Å²) in [6, 6.07) is 4.52. The molecule has 1 aromatic rings. The van der Waals surface area contributed by atoms with E-state index in [9.17, 15) is 0 Å². The van der Waals surface area contributed by atoms with E-state index in [1.54, 1.807) is 17.4 Å². The number of thiophene rings is 1. The average molecular weight is 422 g/mol. The van der Waals surface area contributed by atoms with Gasteiger partial charge in [-0.05, 0) is 11.4 Å². The van der Waals surface area contributed by atoms with Crippen molar-refractivity contribution in [2.24, 2.45) is 10.7 Å². The summed E-state index contributed by atoms with van der Waals surface area (Å²) in [5.74, 6) is 0.472. The van der Waals surface area contributed by atoms with Crippen molar-refractivity contribution < 1.29 is 4.74 Å². The van der Waals surface area contributed by atoms with Crippen LogP contribution in [0.4, 0.5) is 0 Å². The van der Waals surface area contributed by atoms with Crippen molar-refractivity contribution in [1.29, 1.82) is 0 Å². The van der Waals surface area contributed by atoms with E-state index in [2.05, 4.69) is 39.3 Å². The first kappa shape index (κ1) is 18.4. The number of nitrogens with two attached hydrogens (primary N) is 1. The van der Waals surface area contributed by atoms with Crippen LogP contribution >= 0.6 is 35.3 Å². The van der Waals surface area contributed by atoms with Gasteiger partial charge in [0.25, 0.3) is 0 Å². The van der Waals surface area contributed by atoms with Crippen LogP contribution in [0.3, 0.4) is 0 Å². The van der Waals surface area contributed by atoms with Gasteiger partial charge in [-0.25, -0.2) is 0 Å². The number of nitrogens with one attached hydrogen (secondary N) is 1. The number of hydrogen-bond acceptors (Lipinski definition) is 4. The summed E-state index contributed by atoms with van der Waals surface area (Å²) < 4.78 is 5.42. The molecule has 5 nitrogen and oxygen atoms in total. The summed E-state index contributed by atoms with van der Waals surface area (Å²) in [6.45, 7) is 8.41. The SMILES string of the molecule is C=CCNC(N)=NCC(c1cccs1)N1CCOCC1.I. The van der Waals surface area contributed by atoms with Crippen LogP contribution in [0.2, 0.25) is 0 Å².